The van der Waals surface area contributed by atoms with Crippen LogP contribution in [-0.4, -0.2) is 61.6 Å². The van der Waals surface area contributed by atoms with Gasteiger partial charge in [-0.3, -0.25) is 9.69 Å². The zero-order valence-electron chi connectivity index (χ0n) is 16.0. The minimum absolute atomic E-state index is 0.0786. The number of carbonyl (C=O) groups excluding carboxylic acids is 1. The number of morpholine rings is 1. The van der Waals surface area contributed by atoms with Crippen molar-refractivity contribution in [2.75, 3.05) is 45.9 Å². The molecule has 1 N–H and O–H groups in total. The molecular formula is C21H29N3O3. The van der Waals surface area contributed by atoms with Crippen molar-refractivity contribution >= 4 is 5.91 Å². The molecule has 6 heteroatoms. The highest BCUT2D eigenvalue weighted by molar-refractivity contribution is 5.78. The van der Waals surface area contributed by atoms with Crippen molar-refractivity contribution in [2.24, 2.45) is 0 Å². The first-order valence-corrected chi connectivity index (χ1v) is 9.58. The Morgan fingerprint density at radius 2 is 1.89 bits per heavy atom. The van der Waals surface area contributed by atoms with Crippen LogP contribution in [0.5, 0.6) is 0 Å². The van der Waals surface area contributed by atoms with E-state index in [4.69, 9.17) is 9.15 Å². The van der Waals surface area contributed by atoms with Crippen LogP contribution in [0.1, 0.15) is 17.1 Å². The Hall–Kier alpha value is -2.15. The molecule has 1 aliphatic heterocycles. The van der Waals surface area contributed by atoms with E-state index in [2.05, 4.69) is 10.2 Å². The monoisotopic (exact) mass is 371 g/mol. The third kappa shape index (κ3) is 6.50. The van der Waals surface area contributed by atoms with Gasteiger partial charge in [-0.2, -0.15) is 0 Å². The van der Waals surface area contributed by atoms with Gasteiger partial charge in [-0.1, -0.05) is 30.3 Å². The van der Waals surface area contributed by atoms with Gasteiger partial charge < -0.3 is 19.4 Å². The van der Waals surface area contributed by atoms with Gasteiger partial charge in [0.2, 0.25) is 5.91 Å². The fourth-order valence-corrected chi connectivity index (χ4v) is 3.16. The molecule has 0 radical (unpaired) electrons. The SMILES string of the molecule is Cc1ccc(CN(Cc2ccccc2)C(=O)CNCCN2CCOCC2)o1. The van der Waals surface area contributed by atoms with Crippen LogP contribution in [0.2, 0.25) is 0 Å². The van der Waals surface area contributed by atoms with E-state index in [1.54, 1.807) is 0 Å². The molecule has 0 saturated carbocycles. The van der Waals surface area contributed by atoms with Crippen LogP contribution in [0.15, 0.2) is 46.9 Å². The van der Waals surface area contributed by atoms with Crippen LogP contribution in [0.25, 0.3) is 0 Å². The summed E-state index contributed by atoms with van der Waals surface area (Å²) in [7, 11) is 0. The lowest BCUT2D eigenvalue weighted by molar-refractivity contribution is -0.131. The molecule has 2 heterocycles. The van der Waals surface area contributed by atoms with Crippen molar-refractivity contribution in [3.8, 4) is 0 Å². The van der Waals surface area contributed by atoms with Crippen molar-refractivity contribution in [1.82, 2.24) is 15.1 Å². The van der Waals surface area contributed by atoms with Gasteiger partial charge in [0, 0.05) is 32.7 Å². The number of benzene rings is 1. The van der Waals surface area contributed by atoms with E-state index in [0.717, 1.165) is 56.5 Å². The summed E-state index contributed by atoms with van der Waals surface area (Å²) in [5, 5.41) is 3.29. The molecule has 0 bridgehead atoms. The average Bonchev–Trinajstić information content (AvgIpc) is 3.11. The van der Waals surface area contributed by atoms with Crippen molar-refractivity contribution in [1.29, 1.82) is 0 Å². The lowest BCUT2D eigenvalue weighted by atomic mass is 10.2. The topological polar surface area (TPSA) is 58.0 Å². The van der Waals surface area contributed by atoms with Crippen LogP contribution in [0.4, 0.5) is 0 Å². The molecule has 2 aromatic rings. The van der Waals surface area contributed by atoms with Crippen LogP contribution in [0.3, 0.4) is 0 Å². The summed E-state index contributed by atoms with van der Waals surface area (Å²) in [6, 6.07) is 13.9. The molecule has 1 aliphatic rings. The van der Waals surface area contributed by atoms with Gasteiger partial charge in [0.25, 0.3) is 0 Å². The Bertz CT molecular complexity index is 696. The third-order valence-electron chi connectivity index (χ3n) is 4.70. The van der Waals surface area contributed by atoms with Crippen LogP contribution in [-0.2, 0) is 22.6 Å². The number of ether oxygens (including phenoxy) is 1. The molecule has 146 valence electrons. The summed E-state index contributed by atoms with van der Waals surface area (Å²) in [5.41, 5.74) is 1.11. The highest BCUT2D eigenvalue weighted by Crippen LogP contribution is 2.13. The fourth-order valence-electron chi connectivity index (χ4n) is 3.16. The number of rotatable bonds is 9. The van der Waals surface area contributed by atoms with Crippen LogP contribution < -0.4 is 5.32 Å². The normalized spacial score (nSPS) is 15.0. The molecule has 1 aromatic heterocycles. The highest BCUT2D eigenvalue weighted by Gasteiger charge is 2.16. The maximum absolute atomic E-state index is 12.8. The molecule has 0 unspecified atom stereocenters. The van der Waals surface area contributed by atoms with Gasteiger partial charge in [0.1, 0.15) is 11.5 Å². The van der Waals surface area contributed by atoms with Gasteiger partial charge in [-0.25, -0.2) is 0 Å². The van der Waals surface area contributed by atoms with Crippen LogP contribution in [0, 0.1) is 6.92 Å². The van der Waals surface area contributed by atoms with E-state index < -0.39 is 0 Å². The van der Waals surface area contributed by atoms with Gasteiger partial charge >= 0.3 is 0 Å². The lowest BCUT2D eigenvalue weighted by Crippen LogP contribution is -2.43. The second-order valence-electron chi connectivity index (χ2n) is 6.88. The Morgan fingerprint density at radius 1 is 1.11 bits per heavy atom. The number of nitrogens with zero attached hydrogens (tertiary/aromatic N) is 2. The Morgan fingerprint density at radius 3 is 2.59 bits per heavy atom. The smallest absolute Gasteiger partial charge is 0.237 e. The van der Waals surface area contributed by atoms with Crippen molar-refractivity contribution < 1.29 is 13.9 Å². The van der Waals surface area contributed by atoms with Gasteiger partial charge in [0.15, 0.2) is 0 Å². The van der Waals surface area contributed by atoms with Gasteiger partial charge in [-0.05, 0) is 24.6 Å². The molecule has 1 saturated heterocycles. The summed E-state index contributed by atoms with van der Waals surface area (Å²) in [6.45, 7) is 8.56. The first kappa shape index (κ1) is 19.6. The maximum Gasteiger partial charge on any atom is 0.237 e. The van der Waals surface area contributed by atoms with Crippen molar-refractivity contribution in [3.05, 3.63) is 59.5 Å². The van der Waals surface area contributed by atoms with Crippen molar-refractivity contribution in [3.63, 3.8) is 0 Å². The van der Waals surface area contributed by atoms with E-state index in [-0.39, 0.29) is 5.91 Å². The minimum atomic E-state index is 0.0786. The molecule has 0 spiro atoms. The number of aryl methyl sites for hydroxylation is 1. The van der Waals surface area contributed by atoms with Crippen LogP contribution >= 0.6 is 0 Å². The first-order chi connectivity index (χ1) is 13.2. The molecular weight excluding hydrogens is 342 g/mol. The Balaban J connectivity index is 1.51. The quantitative estimate of drug-likeness (QED) is 0.684. The highest BCUT2D eigenvalue weighted by atomic mass is 16.5. The molecule has 1 fully saturated rings. The Kier molecular flexibility index (Phi) is 7.45. The zero-order valence-corrected chi connectivity index (χ0v) is 16.0. The summed E-state index contributed by atoms with van der Waals surface area (Å²) in [4.78, 5) is 17.0. The first-order valence-electron chi connectivity index (χ1n) is 9.58. The molecule has 3 rings (SSSR count). The van der Waals surface area contributed by atoms with E-state index in [1.807, 2.05) is 54.3 Å². The predicted octanol–water partition coefficient (Wildman–Crippen LogP) is 2.04. The molecule has 1 aromatic carbocycles. The largest absolute Gasteiger partial charge is 0.464 e. The molecule has 0 aliphatic carbocycles. The number of amides is 1. The minimum Gasteiger partial charge on any atom is -0.464 e. The van der Waals surface area contributed by atoms with Gasteiger partial charge in [-0.15, -0.1) is 0 Å². The molecule has 27 heavy (non-hydrogen) atoms. The predicted molar refractivity (Wildman–Crippen MR) is 104 cm³/mol. The second-order valence-corrected chi connectivity index (χ2v) is 6.88. The maximum atomic E-state index is 12.8. The number of furan rings is 1. The molecule has 0 atom stereocenters. The third-order valence-corrected chi connectivity index (χ3v) is 4.70. The zero-order chi connectivity index (χ0) is 18.9. The number of hydrogen-bond donors (Lipinski definition) is 1. The Labute approximate surface area is 161 Å². The van der Waals surface area contributed by atoms with Gasteiger partial charge in [0.05, 0.1) is 26.3 Å². The molecule has 6 nitrogen and oxygen atoms in total. The van der Waals surface area contributed by atoms with E-state index >= 15 is 0 Å². The average molecular weight is 371 g/mol. The second kappa shape index (κ2) is 10.3. The number of carbonyl (C=O) groups is 1. The lowest BCUT2D eigenvalue weighted by Gasteiger charge is -2.27. The summed E-state index contributed by atoms with van der Waals surface area (Å²) < 4.78 is 11.0. The van der Waals surface area contributed by atoms with Crippen molar-refractivity contribution in [2.45, 2.75) is 20.0 Å². The number of hydrogen-bond acceptors (Lipinski definition) is 5. The summed E-state index contributed by atoms with van der Waals surface area (Å²) >= 11 is 0. The van der Waals surface area contributed by atoms with E-state index in [1.165, 1.54) is 0 Å². The molecule has 1 amide bonds. The van der Waals surface area contributed by atoms with E-state index in [9.17, 15) is 4.79 Å². The fraction of sp³-hybridized carbons (Fsp3) is 0.476. The summed E-state index contributed by atoms with van der Waals surface area (Å²) in [6.07, 6.45) is 0. The van der Waals surface area contributed by atoms with E-state index in [0.29, 0.717) is 19.6 Å². The standard InChI is InChI=1S/C21H29N3O3/c1-18-7-8-20(27-18)17-24(16-19-5-3-2-4-6-19)21(25)15-22-9-10-23-11-13-26-14-12-23/h2-8,22H,9-17H2,1H3. The summed E-state index contributed by atoms with van der Waals surface area (Å²) in [5.74, 6) is 1.75. The number of nitrogens with one attached hydrogen (secondary N) is 1.